The Labute approximate surface area is 83.7 Å². The van der Waals surface area contributed by atoms with Crippen LogP contribution in [0.15, 0.2) is 29.4 Å². The molecule has 0 aromatic heterocycles. The van der Waals surface area contributed by atoms with Crippen LogP contribution in [-0.2, 0) is 0 Å². The Hall–Kier alpha value is -1.55. The number of anilines is 1. The van der Waals surface area contributed by atoms with E-state index < -0.39 is 0 Å². The third-order valence-corrected chi connectivity index (χ3v) is 1.99. The number of likely N-dealkylation sites (N-methyl/N-ethyl adjacent to an activating group) is 1. The molecule has 0 spiro atoms. The molecule has 3 N–H and O–H groups in total. The fourth-order valence-corrected chi connectivity index (χ4v) is 1.18. The fraction of sp³-hybridized carbons (Fsp3) is 0.300. The predicted molar refractivity (Wildman–Crippen MR) is 58.6 cm³/mol. The van der Waals surface area contributed by atoms with Gasteiger partial charge in [-0.1, -0.05) is 12.1 Å². The number of benzene rings is 1. The van der Waals surface area contributed by atoms with Crippen LogP contribution >= 0.6 is 0 Å². The van der Waals surface area contributed by atoms with Gasteiger partial charge in [0.2, 0.25) is 0 Å². The summed E-state index contributed by atoms with van der Waals surface area (Å²) in [5.41, 5.74) is 2.03. The van der Waals surface area contributed by atoms with Crippen LogP contribution in [0.5, 0.6) is 0 Å². The van der Waals surface area contributed by atoms with Gasteiger partial charge in [-0.15, -0.1) is 0 Å². The van der Waals surface area contributed by atoms with Crippen LogP contribution < -0.4 is 10.7 Å². The van der Waals surface area contributed by atoms with E-state index in [1.165, 1.54) is 0 Å². The molecular weight excluding hydrogens is 178 g/mol. The van der Waals surface area contributed by atoms with Gasteiger partial charge in [-0.25, -0.2) is 0 Å². The summed E-state index contributed by atoms with van der Waals surface area (Å²) in [6, 6.07) is 7.79. The Morgan fingerprint density at radius 1 is 1.43 bits per heavy atom. The predicted octanol–water partition coefficient (Wildman–Crippen LogP) is 0.408. The Balaban J connectivity index is 2.72. The van der Waals surface area contributed by atoms with E-state index >= 15 is 0 Å². The van der Waals surface area contributed by atoms with Crippen molar-refractivity contribution in [2.45, 2.75) is 0 Å². The lowest BCUT2D eigenvalue weighted by molar-refractivity contribution is 0.304. The molecular formula is C10H15N3O. The summed E-state index contributed by atoms with van der Waals surface area (Å²) < 4.78 is 0. The zero-order valence-electron chi connectivity index (χ0n) is 8.22. The van der Waals surface area contributed by atoms with Gasteiger partial charge in [0, 0.05) is 19.3 Å². The second-order valence-electron chi connectivity index (χ2n) is 3.01. The number of hydrazone groups is 1. The van der Waals surface area contributed by atoms with Gasteiger partial charge in [0.1, 0.15) is 0 Å². The maximum Gasteiger partial charge on any atom is 0.0606 e. The molecule has 0 bridgehead atoms. The molecule has 0 amide bonds. The van der Waals surface area contributed by atoms with E-state index in [1.807, 2.05) is 36.2 Å². The Kier molecular flexibility index (Phi) is 3.94. The number of nitrogens with two attached hydrogens (primary N) is 1. The molecule has 14 heavy (non-hydrogen) atoms. The average molecular weight is 193 g/mol. The first kappa shape index (κ1) is 10.5. The van der Waals surface area contributed by atoms with Crippen LogP contribution in [0.25, 0.3) is 0 Å². The van der Waals surface area contributed by atoms with Crippen LogP contribution in [0.3, 0.4) is 0 Å². The topological polar surface area (TPSA) is 61.8 Å². The molecule has 0 radical (unpaired) electrons. The second kappa shape index (κ2) is 5.24. The number of rotatable bonds is 4. The highest BCUT2D eigenvalue weighted by atomic mass is 16.3. The second-order valence-corrected chi connectivity index (χ2v) is 3.01. The first-order valence-corrected chi connectivity index (χ1v) is 4.43. The van der Waals surface area contributed by atoms with Crippen molar-refractivity contribution in [3.63, 3.8) is 0 Å². The zero-order valence-corrected chi connectivity index (χ0v) is 8.22. The Bertz CT molecular complexity index is 295. The molecule has 0 heterocycles. The van der Waals surface area contributed by atoms with Gasteiger partial charge < -0.3 is 15.8 Å². The smallest absolute Gasteiger partial charge is 0.0606 e. The summed E-state index contributed by atoms with van der Waals surface area (Å²) in [5, 5.41) is 12.2. The van der Waals surface area contributed by atoms with Crippen molar-refractivity contribution in [1.29, 1.82) is 0 Å². The van der Waals surface area contributed by atoms with Crippen molar-refractivity contribution in [3.8, 4) is 0 Å². The van der Waals surface area contributed by atoms with Crippen molar-refractivity contribution in [1.82, 2.24) is 0 Å². The minimum absolute atomic E-state index is 0.155. The summed E-state index contributed by atoms with van der Waals surface area (Å²) >= 11 is 0. The normalized spacial score (nSPS) is 10.7. The number of hydrogen-bond acceptors (Lipinski definition) is 4. The summed E-state index contributed by atoms with van der Waals surface area (Å²) in [4.78, 5) is 1.98. The average Bonchev–Trinajstić information content (AvgIpc) is 2.20. The highest BCUT2D eigenvalue weighted by Crippen LogP contribution is 2.12. The molecule has 1 aromatic rings. The molecule has 0 saturated carbocycles. The number of aliphatic hydroxyl groups excluding tert-OH is 1. The molecule has 1 rings (SSSR count). The van der Waals surface area contributed by atoms with Crippen molar-refractivity contribution in [3.05, 3.63) is 29.8 Å². The van der Waals surface area contributed by atoms with Crippen LogP contribution in [0, 0.1) is 0 Å². The lowest BCUT2D eigenvalue weighted by Crippen LogP contribution is -2.20. The molecule has 0 unspecified atom stereocenters. The summed E-state index contributed by atoms with van der Waals surface area (Å²) in [6.45, 7) is 0.785. The lowest BCUT2D eigenvalue weighted by Gasteiger charge is -2.17. The van der Waals surface area contributed by atoms with E-state index in [-0.39, 0.29) is 6.61 Å². The van der Waals surface area contributed by atoms with Gasteiger partial charge in [0.05, 0.1) is 12.8 Å². The van der Waals surface area contributed by atoms with Gasteiger partial charge in [-0.2, -0.15) is 5.10 Å². The maximum absolute atomic E-state index is 8.76. The van der Waals surface area contributed by atoms with E-state index in [2.05, 4.69) is 5.10 Å². The molecule has 0 aliphatic rings. The standard InChI is InChI=1S/C10H15N3O/c1-13(6-7-14)10-4-2-9(3-5-10)8-12-11/h2-5,8,14H,6-7,11H2,1H3. The van der Waals surface area contributed by atoms with Crippen molar-refractivity contribution < 1.29 is 5.11 Å². The molecule has 4 heteroatoms. The largest absolute Gasteiger partial charge is 0.395 e. The fourth-order valence-electron chi connectivity index (χ4n) is 1.18. The molecule has 0 fully saturated rings. The molecule has 0 atom stereocenters. The summed E-state index contributed by atoms with van der Waals surface area (Å²) in [7, 11) is 1.93. The molecule has 76 valence electrons. The SMILES string of the molecule is CN(CCO)c1ccc(C=NN)cc1. The number of aliphatic hydroxyl groups is 1. The maximum atomic E-state index is 8.76. The number of hydrogen-bond donors (Lipinski definition) is 2. The van der Waals surface area contributed by atoms with Gasteiger partial charge in [-0.3, -0.25) is 0 Å². The third-order valence-electron chi connectivity index (χ3n) is 1.99. The first-order valence-electron chi connectivity index (χ1n) is 4.43. The molecule has 0 saturated heterocycles. The van der Waals surface area contributed by atoms with Gasteiger partial charge in [0.25, 0.3) is 0 Å². The van der Waals surface area contributed by atoms with Gasteiger partial charge in [0.15, 0.2) is 0 Å². The van der Waals surface area contributed by atoms with Crippen LogP contribution in [-0.4, -0.2) is 31.5 Å². The molecule has 4 nitrogen and oxygen atoms in total. The molecule has 1 aromatic carbocycles. The van der Waals surface area contributed by atoms with E-state index in [4.69, 9.17) is 10.9 Å². The van der Waals surface area contributed by atoms with Crippen molar-refractivity contribution >= 4 is 11.9 Å². The molecule has 0 aliphatic carbocycles. The van der Waals surface area contributed by atoms with E-state index in [9.17, 15) is 0 Å². The Morgan fingerprint density at radius 2 is 2.07 bits per heavy atom. The quantitative estimate of drug-likeness (QED) is 0.413. The van der Waals surface area contributed by atoms with Crippen molar-refractivity contribution in [2.75, 3.05) is 25.1 Å². The van der Waals surface area contributed by atoms with Crippen LogP contribution in [0.2, 0.25) is 0 Å². The lowest BCUT2D eigenvalue weighted by atomic mass is 10.2. The summed E-state index contributed by atoms with van der Waals surface area (Å²) in [6.07, 6.45) is 1.59. The minimum Gasteiger partial charge on any atom is -0.395 e. The highest BCUT2D eigenvalue weighted by molar-refractivity contribution is 5.80. The van der Waals surface area contributed by atoms with E-state index in [0.29, 0.717) is 6.54 Å². The number of nitrogens with zero attached hydrogens (tertiary/aromatic N) is 2. The van der Waals surface area contributed by atoms with Gasteiger partial charge in [-0.05, 0) is 17.7 Å². The highest BCUT2D eigenvalue weighted by Gasteiger charge is 1.98. The third kappa shape index (κ3) is 2.74. The monoisotopic (exact) mass is 193 g/mol. The van der Waals surface area contributed by atoms with Crippen molar-refractivity contribution in [2.24, 2.45) is 10.9 Å². The van der Waals surface area contributed by atoms with Crippen LogP contribution in [0.1, 0.15) is 5.56 Å². The van der Waals surface area contributed by atoms with Crippen LogP contribution in [0.4, 0.5) is 5.69 Å². The van der Waals surface area contributed by atoms with E-state index in [1.54, 1.807) is 6.21 Å². The molecule has 0 aliphatic heterocycles. The first-order chi connectivity index (χ1) is 6.77. The zero-order chi connectivity index (χ0) is 10.4. The minimum atomic E-state index is 0.155. The van der Waals surface area contributed by atoms with Gasteiger partial charge >= 0.3 is 0 Å². The summed E-state index contributed by atoms with van der Waals surface area (Å²) in [5.74, 6) is 5.03. The Morgan fingerprint density at radius 3 is 2.57 bits per heavy atom. The van der Waals surface area contributed by atoms with E-state index in [0.717, 1.165) is 11.3 Å².